The predicted molar refractivity (Wildman–Crippen MR) is 145 cm³/mol. The topological polar surface area (TPSA) is 110 Å². The van der Waals surface area contributed by atoms with Gasteiger partial charge in [-0.25, -0.2) is 9.07 Å². The van der Waals surface area contributed by atoms with E-state index in [1.807, 2.05) is 36.4 Å². The number of aromatic nitrogens is 5. The van der Waals surface area contributed by atoms with Crippen molar-refractivity contribution in [3.63, 3.8) is 0 Å². The summed E-state index contributed by atoms with van der Waals surface area (Å²) >= 11 is 6.61. The van der Waals surface area contributed by atoms with Crippen molar-refractivity contribution in [1.82, 2.24) is 24.5 Å². The molecule has 188 valence electrons. The van der Waals surface area contributed by atoms with E-state index in [9.17, 15) is 14.0 Å². The molecule has 9 nitrogen and oxygen atoms in total. The molecule has 1 amide bonds. The van der Waals surface area contributed by atoms with Crippen molar-refractivity contribution in [2.45, 2.75) is 0 Å². The molecule has 0 bridgehead atoms. The van der Waals surface area contributed by atoms with Crippen molar-refractivity contribution in [2.75, 3.05) is 10.6 Å². The number of aryl methyl sites for hydroxylation is 1. The zero-order chi connectivity index (χ0) is 26.4. The lowest BCUT2D eigenvalue weighted by atomic mass is 10.2. The van der Waals surface area contributed by atoms with Crippen LogP contribution in [0.2, 0.25) is 5.02 Å². The molecule has 0 unspecified atom stereocenters. The average molecular weight is 528 g/mol. The highest BCUT2D eigenvalue weighted by Gasteiger charge is 2.18. The van der Waals surface area contributed by atoms with Crippen molar-refractivity contribution in [3.05, 3.63) is 106 Å². The minimum atomic E-state index is -0.727. The smallest absolute Gasteiger partial charge is 0.274 e. The number of hydrogen-bond acceptors (Lipinski definition) is 5. The minimum Gasteiger partial charge on any atom is -0.337 e. The van der Waals surface area contributed by atoms with Gasteiger partial charge < -0.3 is 15.2 Å². The number of halogens is 2. The third kappa shape index (κ3) is 3.97. The highest BCUT2D eigenvalue weighted by molar-refractivity contribution is 6.38. The zero-order valence-corrected chi connectivity index (χ0v) is 20.6. The fourth-order valence-electron chi connectivity index (χ4n) is 4.30. The molecular formula is C27H19ClFN7O2. The summed E-state index contributed by atoms with van der Waals surface area (Å²) in [5.41, 5.74) is 2.09. The predicted octanol–water partition coefficient (Wildman–Crippen LogP) is 5.39. The van der Waals surface area contributed by atoms with Crippen molar-refractivity contribution in [2.24, 2.45) is 7.05 Å². The van der Waals surface area contributed by atoms with E-state index in [0.717, 1.165) is 21.8 Å². The van der Waals surface area contributed by atoms with Gasteiger partial charge in [0.25, 0.3) is 11.5 Å². The number of aromatic amines is 1. The second kappa shape index (κ2) is 9.16. The summed E-state index contributed by atoms with van der Waals surface area (Å²) in [6.45, 7) is 0. The summed E-state index contributed by atoms with van der Waals surface area (Å²) < 4.78 is 17.1. The first-order valence-corrected chi connectivity index (χ1v) is 11.9. The van der Waals surface area contributed by atoms with E-state index in [-0.39, 0.29) is 11.3 Å². The Morgan fingerprint density at radius 3 is 2.66 bits per heavy atom. The zero-order valence-electron chi connectivity index (χ0n) is 19.9. The first-order chi connectivity index (χ1) is 18.4. The molecular weight excluding hydrogens is 509 g/mol. The van der Waals surface area contributed by atoms with Gasteiger partial charge >= 0.3 is 0 Å². The van der Waals surface area contributed by atoms with Crippen LogP contribution in [0.4, 0.5) is 21.6 Å². The molecule has 3 aromatic carbocycles. The summed E-state index contributed by atoms with van der Waals surface area (Å²) in [5.74, 6) is -0.871. The molecule has 0 atom stereocenters. The summed E-state index contributed by atoms with van der Waals surface area (Å²) in [5, 5.41) is 19.6. The highest BCUT2D eigenvalue weighted by atomic mass is 35.5. The summed E-state index contributed by atoms with van der Waals surface area (Å²) in [6, 6.07) is 18.3. The SMILES string of the molecule is Cn1cc(-n2nc(Nc3ccc4[nH]ncc4c3Cl)c3ccccc32)cc(NC(=O)c2ccccc2F)c1=O. The number of H-pyrrole nitrogens is 1. The molecule has 3 heterocycles. The number of amides is 1. The lowest BCUT2D eigenvalue weighted by molar-refractivity contribution is 0.102. The van der Waals surface area contributed by atoms with Gasteiger partial charge in [-0.1, -0.05) is 35.9 Å². The van der Waals surface area contributed by atoms with Crippen LogP contribution in [-0.2, 0) is 7.05 Å². The molecule has 0 radical (unpaired) electrons. The van der Waals surface area contributed by atoms with Crippen LogP contribution < -0.4 is 16.2 Å². The summed E-state index contributed by atoms with van der Waals surface area (Å²) in [7, 11) is 1.56. The molecule has 11 heteroatoms. The first kappa shape index (κ1) is 23.4. The molecule has 0 aliphatic carbocycles. The minimum absolute atomic E-state index is 0.0132. The lowest BCUT2D eigenvalue weighted by Gasteiger charge is -2.11. The second-order valence-electron chi connectivity index (χ2n) is 8.62. The Labute approximate surface area is 219 Å². The van der Waals surface area contributed by atoms with Gasteiger partial charge in [0.2, 0.25) is 0 Å². The maximum absolute atomic E-state index is 14.1. The fraction of sp³-hybridized carbons (Fsp3) is 0.0370. The Bertz CT molecular complexity index is 1920. The van der Waals surface area contributed by atoms with Crippen LogP contribution >= 0.6 is 11.6 Å². The molecule has 0 aliphatic heterocycles. The van der Waals surface area contributed by atoms with Gasteiger partial charge in [0.15, 0.2) is 5.82 Å². The van der Waals surface area contributed by atoms with Gasteiger partial charge in [-0.2, -0.15) is 5.10 Å². The van der Waals surface area contributed by atoms with Crippen LogP contribution in [0.3, 0.4) is 0 Å². The fourth-order valence-corrected chi connectivity index (χ4v) is 4.56. The molecule has 0 aliphatic rings. The van der Waals surface area contributed by atoms with E-state index >= 15 is 0 Å². The number of nitrogens with zero attached hydrogens (tertiary/aromatic N) is 4. The standard InChI is InChI=1S/C27H19ClFN7O2/c1-35-14-15(12-22(27(35)38)32-26(37)16-6-2-4-8-19(16)29)36-23-9-5-3-7-17(23)25(34-36)31-21-11-10-20-18(24(21)28)13-30-33-20/h2-14H,1H3,(H,30,33)(H,31,34)(H,32,37). The van der Waals surface area contributed by atoms with Crippen molar-refractivity contribution in [3.8, 4) is 5.69 Å². The number of anilines is 3. The van der Waals surface area contributed by atoms with Gasteiger partial charge in [-0.3, -0.25) is 14.7 Å². The maximum atomic E-state index is 14.1. The van der Waals surface area contributed by atoms with Crippen molar-refractivity contribution >= 4 is 56.5 Å². The molecule has 6 aromatic rings. The summed E-state index contributed by atoms with van der Waals surface area (Å²) in [4.78, 5) is 25.5. The third-order valence-electron chi connectivity index (χ3n) is 6.18. The van der Waals surface area contributed by atoms with E-state index < -0.39 is 17.3 Å². The first-order valence-electron chi connectivity index (χ1n) is 11.5. The average Bonchev–Trinajstić information content (AvgIpc) is 3.54. The van der Waals surface area contributed by atoms with Gasteiger partial charge in [0, 0.05) is 24.0 Å². The Hall–Kier alpha value is -4.96. The van der Waals surface area contributed by atoms with E-state index in [1.165, 1.54) is 28.8 Å². The monoisotopic (exact) mass is 527 g/mol. The van der Waals surface area contributed by atoms with Crippen LogP contribution in [0.15, 0.2) is 83.9 Å². The largest absolute Gasteiger partial charge is 0.337 e. The molecule has 0 spiro atoms. The lowest BCUT2D eigenvalue weighted by Crippen LogP contribution is -2.25. The van der Waals surface area contributed by atoms with Crippen molar-refractivity contribution < 1.29 is 9.18 Å². The Morgan fingerprint density at radius 1 is 1.03 bits per heavy atom. The van der Waals surface area contributed by atoms with Gasteiger partial charge in [-0.15, -0.1) is 5.10 Å². The molecule has 6 rings (SSSR count). The highest BCUT2D eigenvalue weighted by Crippen LogP contribution is 2.34. The maximum Gasteiger partial charge on any atom is 0.274 e. The normalized spacial score (nSPS) is 11.2. The van der Waals surface area contributed by atoms with Gasteiger partial charge in [0.1, 0.15) is 11.5 Å². The van der Waals surface area contributed by atoms with E-state index in [1.54, 1.807) is 30.2 Å². The number of carbonyl (C=O) groups excluding carboxylic acids is 1. The van der Waals surface area contributed by atoms with E-state index in [0.29, 0.717) is 22.2 Å². The van der Waals surface area contributed by atoms with Crippen LogP contribution in [0.5, 0.6) is 0 Å². The quantitative estimate of drug-likeness (QED) is 0.278. The number of pyridine rings is 1. The second-order valence-corrected chi connectivity index (χ2v) is 9.00. The van der Waals surface area contributed by atoms with Crippen molar-refractivity contribution in [1.29, 1.82) is 0 Å². The molecule has 3 N–H and O–H groups in total. The number of fused-ring (bicyclic) bond motifs is 2. The van der Waals surface area contributed by atoms with Crippen LogP contribution in [0.1, 0.15) is 10.4 Å². The Morgan fingerprint density at radius 2 is 1.82 bits per heavy atom. The number of benzene rings is 3. The van der Waals surface area contributed by atoms with Crippen LogP contribution in [0.25, 0.3) is 27.5 Å². The molecule has 0 fully saturated rings. The third-order valence-corrected chi connectivity index (χ3v) is 6.59. The molecule has 0 saturated heterocycles. The molecule has 0 saturated carbocycles. The van der Waals surface area contributed by atoms with Gasteiger partial charge in [-0.05, 0) is 42.5 Å². The van der Waals surface area contributed by atoms with Crippen LogP contribution in [0, 0.1) is 5.82 Å². The summed E-state index contributed by atoms with van der Waals surface area (Å²) in [6.07, 6.45) is 3.26. The molecule has 38 heavy (non-hydrogen) atoms. The number of nitrogens with one attached hydrogen (secondary N) is 3. The number of rotatable bonds is 5. The number of para-hydroxylation sites is 1. The Balaban J connectivity index is 1.42. The van der Waals surface area contributed by atoms with E-state index in [4.69, 9.17) is 16.7 Å². The Kier molecular flexibility index (Phi) is 5.65. The number of hydrogen-bond donors (Lipinski definition) is 3. The van der Waals surface area contributed by atoms with Gasteiger partial charge in [0.05, 0.1) is 39.2 Å². The number of carbonyl (C=O) groups is 1. The van der Waals surface area contributed by atoms with Crippen LogP contribution in [-0.4, -0.2) is 30.5 Å². The van der Waals surface area contributed by atoms with E-state index in [2.05, 4.69) is 20.8 Å². The molecule has 3 aromatic heterocycles.